The average molecular weight is 320 g/mol. The number of pyridine rings is 1. The van der Waals surface area contributed by atoms with Crippen molar-refractivity contribution in [2.24, 2.45) is 0 Å². The molecule has 2 heterocycles. The molecule has 5 heteroatoms. The van der Waals surface area contributed by atoms with Crippen LogP contribution in [-0.4, -0.2) is 20.8 Å². The zero-order chi connectivity index (χ0) is 16.4. The minimum Gasteiger partial charge on any atom is -0.382 e. The Balaban J connectivity index is 1.47. The fraction of sp³-hybridized carbons (Fsp3) is 0.316. The van der Waals surface area contributed by atoms with Crippen LogP contribution in [-0.2, 0) is 0 Å². The molecule has 1 N–H and O–H groups in total. The van der Waals surface area contributed by atoms with E-state index in [0.29, 0.717) is 6.04 Å². The molecule has 0 unspecified atom stereocenters. The molecular formula is C19H20N4O. The van der Waals surface area contributed by atoms with Crippen LogP contribution < -0.4 is 10.9 Å². The van der Waals surface area contributed by atoms with Gasteiger partial charge in [-0.1, -0.05) is 18.2 Å². The monoisotopic (exact) mass is 320 g/mol. The van der Waals surface area contributed by atoms with Gasteiger partial charge < -0.3 is 5.32 Å². The van der Waals surface area contributed by atoms with Crippen LogP contribution in [0.4, 0.5) is 5.69 Å². The summed E-state index contributed by atoms with van der Waals surface area (Å²) in [5.74, 6) is 0. The van der Waals surface area contributed by atoms with Crippen LogP contribution >= 0.6 is 0 Å². The summed E-state index contributed by atoms with van der Waals surface area (Å²) in [6.45, 7) is 0. The topological polar surface area (TPSA) is 59.8 Å². The summed E-state index contributed by atoms with van der Waals surface area (Å²) in [5.41, 5.74) is 2.14. The Morgan fingerprint density at radius 1 is 0.958 bits per heavy atom. The molecule has 0 atom stereocenters. The standard InChI is InChI=1S/C19H20N4O/c24-19-6-3-12-21-23(19)15-9-7-14(8-10-15)22-18-11-13-20-17-5-2-1-4-16(17)18/h1-6,11-15H,7-10H2,(H,20,22). The van der Waals surface area contributed by atoms with Gasteiger partial charge in [0.05, 0.1) is 11.6 Å². The maximum Gasteiger partial charge on any atom is 0.266 e. The highest BCUT2D eigenvalue weighted by Crippen LogP contribution is 2.30. The second kappa shape index (κ2) is 6.43. The second-order valence-corrected chi connectivity index (χ2v) is 6.33. The zero-order valence-electron chi connectivity index (χ0n) is 13.4. The van der Waals surface area contributed by atoms with Crippen LogP contribution in [0, 0.1) is 0 Å². The largest absolute Gasteiger partial charge is 0.382 e. The smallest absolute Gasteiger partial charge is 0.266 e. The molecule has 3 aromatic rings. The SMILES string of the molecule is O=c1cccnn1C1CCC(Nc2ccnc3ccccc23)CC1. The highest BCUT2D eigenvalue weighted by molar-refractivity contribution is 5.90. The molecule has 24 heavy (non-hydrogen) atoms. The first-order chi connectivity index (χ1) is 11.8. The van der Waals surface area contributed by atoms with Crippen LogP contribution in [0.3, 0.4) is 0 Å². The lowest BCUT2D eigenvalue weighted by Crippen LogP contribution is -2.32. The van der Waals surface area contributed by atoms with Gasteiger partial charge in [0, 0.05) is 35.6 Å². The van der Waals surface area contributed by atoms with Crippen molar-refractivity contribution in [1.82, 2.24) is 14.8 Å². The fourth-order valence-electron chi connectivity index (χ4n) is 3.55. The van der Waals surface area contributed by atoms with Gasteiger partial charge in [-0.15, -0.1) is 0 Å². The molecule has 2 aromatic heterocycles. The van der Waals surface area contributed by atoms with Gasteiger partial charge in [-0.2, -0.15) is 5.10 Å². The molecular weight excluding hydrogens is 300 g/mol. The van der Waals surface area contributed by atoms with Crippen molar-refractivity contribution in [3.05, 3.63) is 65.2 Å². The van der Waals surface area contributed by atoms with Crippen molar-refractivity contribution in [1.29, 1.82) is 0 Å². The molecule has 5 nitrogen and oxygen atoms in total. The Bertz CT molecular complexity index is 892. The van der Waals surface area contributed by atoms with E-state index >= 15 is 0 Å². The molecule has 122 valence electrons. The highest BCUT2D eigenvalue weighted by atomic mass is 16.1. The maximum atomic E-state index is 11.9. The van der Waals surface area contributed by atoms with Gasteiger partial charge in [-0.05, 0) is 43.9 Å². The number of para-hydroxylation sites is 1. The van der Waals surface area contributed by atoms with E-state index in [0.717, 1.165) is 42.3 Å². The van der Waals surface area contributed by atoms with Crippen LogP contribution in [0.1, 0.15) is 31.7 Å². The summed E-state index contributed by atoms with van der Waals surface area (Å²) in [4.78, 5) is 16.3. The summed E-state index contributed by atoms with van der Waals surface area (Å²) >= 11 is 0. The number of aromatic nitrogens is 3. The van der Waals surface area contributed by atoms with E-state index in [1.165, 1.54) is 0 Å². The lowest BCUT2D eigenvalue weighted by molar-refractivity contribution is 0.304. The van der Waals surface area contributed by atoms with Crippen molar-refractivity contribution < 1.29 is 0 Å². The minimum absolute atomic E-state index is 0.00552. The molecule has 1 aliphatic carbocycles. The maximum absolute atomic E-state index is 11.9. The molecule has 4 rings (SSSR count). The summed E-state index contributed by atoms with van der Waals surface area (Å²) in [6, 6.07) is 14.1. The number of hydrogen-bond acceptors (Lipinski definition) is 4. The molecule has 0 saturated heterocycles. The van der Waals surface area contributed by atoms with E-state index in [9.17, 15) is 4.79 Å². The van der Waals surface area contributed by atoms with Crippen LogP contribution in [0.15, 0.2) is 59.7 Å². The first kappa shape index (κ1) is 14.9. The van der Waals surface area contributed by atoms with Crippen LogP contribution in [0.2, 0.25) is 0 Å². The Hall–Kier alpha value is -2.69. The van der Waals surface area contributed by atoms with Crippen molar-refractivity contribution >= 4 is 16.6 Å². The highest BCUT2D eigenvalue weighted by Gasteiger charge is 2.23. The normalized spacial score (nSPS) is 20.8. The summed E-state index contributed by atoms with van der Waals surface area (Å²) in [5, 5.41) is 9.05. The van der Waals surface area contributed by atoms with Gasteiger partial charge in [-0.25, -0.2) is 4.68 Å². The number of nitrogens with zero attached hydrogens (tertiary/aromatic N) is 3. The Kier molecular flexibility index (Phi) is 3.99. The van der Waals surface area contributed by atoms with Crippen molar-refractivity contribution in [2.45, 2.75) is 37.8 Å². The lowest BCUT2D eigenvalue weighted by Gasteiger charge is -2.30. The Labute approximate surface area is 140 Å². The Morgan fingerprint density at radius 3 is 2.62 bits per heavy atom. The van der Waals surface area contributed by atoms with Gasteiger partial charge in [0.2, 0.25) is 0 Å². The Morgan fingerprint density at radius 2 is 1.79 bits per heavy atom. The predicted octanol–water partition coefficient (Wildman–Crippen LogP) is 3.39. The van der Waals surface area contributed by atoms with Crippen molar-refractivity contribution in [3.63, 3.8) is 0 Å². The first-order valence-corrected chi connectivity index (χ1v) is 8.45. The molecule has 0 spiro atoms. The fourth-order valence-corrected chi connectivity index (χ4v) is 3.55. The number of fused-ring (bicyclic) bond motifs is 1. The van der Waals surface area contributed by atoms with Gasteiger partial charge in [0.25, 0.3) is 5.56 Å². The van der Waals surface area contributed by atoms with E-state index in [4.69, 9.17) is 0 Å². The van der Waals surface area contributed by atoms with Crippen molar-refractivity contribution in [3.8, 4) is 0 Å². The molecule has 1 aliphatic rings. The molecule has 0 bridgehead atoms. The van der Waals surface area contributed by atoms with Crippen molar-refractivity contribution in [2.75, 3.05) is 5.32 Å². The lowest BCUT2D eigenvalue weighted by atomic mass is 9.91. The summed E-state index contributed by atoms with van der Waals surface area (Å²) in [6.07, 6.45) is 7.54. The van der Waals surface area contributed by atoms with Gasteiger partial charge in [0.15, 0.2) is 0 Å². The summed E-state index contributed by atoms with van der Waals surface area (Å²) in [7, 11) is 0. The number of benzene rings is 1. The molecule has 0 aliphatic heterocycles. The average Bonchev–Trinajstić information content (AvgIpc) is 2.63. The number of nitrogens with one attached hydrogen (secondary N) is 1. The molecule has 1 fully saturated rings. The zero-order valence-corrected chi connectivity index (χ0v) is 13.4. The molecule has 1 aromatic carbocycles. The molecule has 1 saturated carbocycles. The van der Waals surface area contributed by atoms with E-state index in [-0.39, 0.29) is 11.6 Å². The third kappa shape index (κ3) is 2.89. The van der Waals surface area contributed by atoms with E-state index in [1.54, 1.807) is 23.0 Å². The van der Waals surface area contributed by atoms with E-state index in [2.05, 4.69) is 21.5 Å². The van der Waals surface area contributed by atoms with Gasteiger partial charge >= 0.3 is 0 Å². The quantitative estimate of drug-likeness (QED) is 0.803. The first-order valence-electron chi connectivity index (χ1n) is 8.45. The minimum atomic E-state index is -0.00552. The third-order valence-electron chi connectivity index (χ3n) is 4.79. The second-order valence-electron chi connectivity index (χ2n) is 6.33. The third-order valence-corrected chi connectivity index (χ3v) is 4.79. The molecule has 0 radical (unpaired) electrons. The molecule has 0 amide bonds. The predicted molar refractivity (Wildman–Crippen MR) is 95.2 cm³/mol. The van der Waals surface area contributed by atoms with E-state index < -0.39 is 0 Å². The number of hydrogen-bond donors (Lipinski definition) is 1. The number of anilines is 1. The van der Waals surface area contributed by atoms with E-state index in [1.807, 2.05) is 30.5 Å². The van der Waals surface area contributed by atoms with Gasteiger partial charge in [-0.3, -0.25) is 9.78 Å². The van der Waals surface area contributed by atoms with Crippen LogP contribution in [0.25, 0.3) is 10.9 Å². The van der Waals surface area contributed by atoms with Crippen LogP contribution in [0.5, 0.6) is 0 Å². The van der Waals surface area contributed by atoms with Gasteiger partial charge in [0.1, 0.15) is 0 Å². The number of rotatable bonds is 3. The summed E-state index contributed by atoms with van der Waals surface area (Å²) < 4.78 is 1.64.